The number of carbonyl (C=O) groups is 1. The molecule has 3 aromatic rings. The van der Waals surface area contributed by atoms with E-state index < -0.39 is 7.05 Å². The van der Waals surface area contributed by atoms with Crippen LogP contribution < -0.4 is 15.9 Å². The van der Waals surface area contributed by atoms with Crippen molar-refractivity contribution in [2.75, 3.05) is 6.54 Å². The van der Waals surface area contributed by atoms with E-state index >= 15 is 0 Å². The Morgan fingerprint density at radius 1 is 0.778 bits per heavy atom. The van der Waals surface area contributed by atoms with Crippen LogP contribution in [0.3, 0.4) is 0 Å². The van der Waals surface area contributed by atoms with Crippen molar-refractivity contribution in [1.29, 1.82) is 0 Å². The molecule has 1 aliphatic rings. The maximum atomic E-state index is 11.5. The zero-order chi connectivity index (χ0) is 18.5. The van der Waals surface area contributed by atoms with Gasteiger partial charge in [-0.05, 0) is 6.42 Å². The lowest BCUT2D eigenvalue weighted by Gasteiger charge is -2.27. The second-order valence-electron chi connectivity index (χ2n) is 6.62. The summed E-state index contributed by atoms with van der Waals surface area (Å²) in [7, 11) is -2.19. The summed E-state index contributed by atoms with van der Waals surface area (Å²) in [5.41, 5.74) is 0. The molecule has 0 amide bonds. The van der Waals surface area contributed by atoms with Crippen molar-refractivity contribution in [3.05, 3.63) is 91.0 Å². The highest BCUT2D eigenvalue weighted by atomic mass is 31.2. The van der Waals surface area contributed by atoms with Gasteiger partial charge in [0.25, 0.3) is 0 Å². The predicted molar refractivity (Wildman–Crippen MR) is 112 cm³/mol. The molecule has 0 bridgehead atoms. The third-order valence-corrected chi connectivity index (χ3v) is 8.58. The van der Waals surface area contributed by atoms with Crippen LogP contribution in [0.1, 0.15) is 12.8 Å². The first-order chi connectivity index (χ1) is 13.3. The Morgan fingerprint density at radius 3 is 1.59 bits per heavy atom. The number of nitrogens with zero attached hydrogens (tertiary/aromatic N) is 1. The number of carbonyl (C=O) groups excluding carboxylic acids is 1. The average molecular weight is 375 g/mol. The van der Waals surface area contributed by atoms with Crippen LogP contribution in [0.25, 0.3) is 0 Å². The summed E-state index contributed by atoms with van der Waals surface area (Å²) in [5.74, 6) is -0.113. The highest BCUT2D eigenvalue weighted by molar-refractivity contribution is 7.87. The van der Waals surface area contributed by atoms with Crippen molar-refractivity contribution in [1.82, 2.24) is 0 Å². The van der Waals surface area contributed by atoms with Crippen molar-refractivity contribution in [3.63, 3.8) is 0 Å². The standard InChI is InChI=1S/C23H22NO2P/c25-23-17-16-19(26-23)18-24-27(20-10-4-1-5-11-20,21-12-6-2-7-13-21)22-14-8-3-9-15-22/h1-15,19H,16-18H2. The smallest absolute Gasteiger partial charge is 0.306 e. The molecule has 1 aliphatic heterocycles. The van der Waals surface area contributed by atoms with E-state index in [0.717, 1.165) is 6.42 Å². The Kier molecular flexibility index (Phi) is 5.22. The molecule has 1 saturated heterocycles. The Hall–Kier alpha value is -2.64. The average Bonchev–Trinajstić information content (AvgIpc) is 3.16. The van der Waals surface area contributed by atoms with E-state index in [9.17, 15) is 4.79 Å². The third-order valence-electron chi connectivity index (χ3n) is 4.86. The lowest BCUT2D eigenvalue weighted by atomic mass is 10.2. The van der Waals surface area contributed by atoms with Gasteiger partial charge in [-0.3, -0.25) is 9.54 Å². The van der Waals surface area contributed by atoms with Crippen molar-refractivity contribution in [3.8, 4) is 0 Å². The predicted octanol–water partition coefficient (Wildman–Crippen LogP) is 3.87. The van der Waals surface area contributed by atoms with Crippen molar-refractivity contribution in [2.24, 2.45) is 4.74 Å². The minimum Gasteiger partial charge on any atom is -0.460 e. The number of hydrogen-bond acceptors (Lipinski definition) is 3. The zero-order valence-electron chi connectivity index (χ0n) is 15.1. The Balaban J connectivity index is 1.93. The fourth-order valence-corrected chi connectivity index (χ4v) is 7.17. The summed E-state index contributed by atoms with van der Waals surface area (Å²) >= 11 is 0. The van der Waals surface area contributed by atoms with Crippen molar-refractivity contribution >= 4 is 28.9 Å². The summed E-state index contributed by atoms with van der Waals surface area (Å²) in [6, 6.07) is 31.5. The molecule has 3 nitrogen and oxygen atoms in total. The molecular weight excluding hydrogens is 353 g/mol. The van der Waals surface area contributed by atoms with Crippen LogP contribution >= 0.6 is 7.05 Å². The molecule has 1 fully saturated rings. The van der Waals surface area contributed by atoms with E-state index in [1.165, 1.54) is 15.9 Å². The molecule has 27 heavy (non-hydrogen) atoms. The maximum absolute atomic E-state index is 11.5. The first kappa shape index (κ1) is 17.8. The van der Waals surface area contributed by atoms with E-state index in [4.69, 9.17) is 9.48 Å². The molecule has 0 radical (unpaired) electrons. The van der Waals surface area contributed by atoms with Gasteiger partial charge in [-0.2, -0.15) is 0 Å². The summed E-state index contributed by atoms with van der Waals surface area (Å²) in [6.07, 6.45) is 1.13. The van der Waals surface area contributed by atoms with Gasteiger partial charge in [-0.1, -0.05) is 91.0 Å². The molecule has 4 heteroatoms. The largest absolute Gasteiger partial charge is 0.460 e. The summed E-state index contributed by atoms with van der Waals surface area (Å²) in [5, 5.41) is 3.64. The van der Waals surface area contributed by atoms with Crippen LogP contribution in [0.2, 0.25) is 0 Å². The highest BCUT2D eigenvalue weighted by Crippen LogP contribution is 2.46. The molecule has 0 aromatic heterocycles. The van der Waals surface area contributed by atoms with Gasteiger partial charge >= 0.3 is 5.97 Å². The normalized spacial score (nSPS) is 16.7. The number of cyclic esters (lactones) is 1. The van der Waals surface area contributed by atoms with Gasteiger partial charge in [0.15, 0.2) is 0 Å². The SMILES string of the molecule is O=C1CCC(CN=P(c2ccccc2)(c2ccccc2)c2ccccc2)O1. The molecule has 0 aliphatic carbocycles. The van der Waals surface area contributed by atoms with Crippen LogP contribution in [-0.2, 0) is 9.53 Å². The van der Waals surface area contributed by atoms with Crippen LogP contribution in [0.4, 0.5) is 0 Å². The van der Waals surface area contributed by atoms with E-state index in [2.05, 4.69) is 72.8 Å². The number of benzene rings is 3. The summed E-state index contributed by atoms with van der Waals surface area (Å²) < 4.78 is 10.8. The van der Waals surface area contributed by atoms with Gasteiger partial charge in [-0.15, -0.1) is 0 Å². The molecule has 3 aromatic carbocycles. The molecule has 1 atom stereocenters. The van der Waals surface area contributed by atoms with Gasteiger partial charge in [-0.25, -0.2) is 0 Å². The molecule has 4 rings (SSSR count). The lowest BCUT2D eigenvalue weighted by molar-refractivity contribution is -0.141. The minimum atomic E-state index is -2.19. The minimum absolute atomic E-state index is 0.113. The second kappa shape index (κ2) is 7.94. The molecule has 136 valence electrons. The number of ether oxygens (including phenoxy) is 1. The van der Waals surface area contributed by atoms with Gasteiger partial charge in [0.2, 0.25) is 0 Å². The first-order valence-electron chi connectivity index (χ1n) is 9.23. The monoisotopic (exact) mass is 375 g/mol. The third kappa shape index (κ3) is 3.61. The van der Waals surface area contributed by atoms with E-state index in [0.29, 0.717) is 13.0 Å². The number of esters is 1. The van der Waals surface area contributed by atoms with E-state index in [-0.39, 0.29) is 12.1 Å². The van der Waals surface area contributed by atoms with Gasteiger partial charge in [0, 0.05) is 22.3 Å². The molecular formula is C23H22NO2P. The van der Waals surface area contributed by atoms with Gasteiger partial charge in [0.05, 0.1) is 13.6 Å². The van der Waals surface area contributed by atoms with Crippen molar-refractivity contribution in [2.45, 2.75) is 18.9 Å². The topological polar surface area (TPSA) is 38.7 Å². The summed E-state index contributed by atoms with van der Waals surface area (Å²) in [4.78, 5) is 11.5. The number of rotatable bonds is 5. The molecule has 1 heterocycles. The second-order valence-corrected chi connectivity index (χ2v) is 9.72. The fraction of sp³-hybridized carbons (Fsp3) is 0.174. The van der Waals surface area contributed by atoms with Gasteiger partial charge in [0.1, 0.15) is 6.10 Å². The van der Waals surface area contributed by atoms with Crippen LogP contribution in [0.5, 0.6) is 0 Å². The summed E-state index contributed by atoms with van der Waals surface area (Å²) in [6.45, 7) is 0.526. The Bertz CT molecular complexity index is 852. The number of hydrogen-bond donors (Lipinski definition) is 0. The van der Waals surface area contributed by atoms with Crippen LogP contribution in [-0.4, -0.2) is 18.6 Å². The zero-order valence-corrected chi connectivity index (χ0v) is 16.0. The molecule has 0 saturated carbocycles. The van der Waals surface area contributed by atoms with Crippen molar-refractivity contribution < 1.29 is 9.53 Å². The molecule has 0 N–H and O–H groups in total. The van der Waals surface area contributed by atoms with E-state index in [1.54, 1.807) is 0 Å². The van der Waals surface area contributed by atoms with Crippen LogP contribution in [0, 0.1) is 0 Å². The fourth-order valence-electron chi connectivity index (χ4n) is 3.55. The molecule has 0 spiro atoms. The van der Waals surface area contributed by atoms with E-state index in [1.807, 2.05) is 18.2 Å². The highest BCUT2D eigenvalue weighted by Gasteiger charge is 2.29. The quantitative estimate of drug-likeness (QED) is 0.502. The lowest BCUT2D eigenvalue weighted by Crippen LogP contribution is -2.26. The van der Waals surface area contributed by atoms with Crippen LogP contribution in [0.15, 0.2) is 95.7 Å². The Morgan fingerprint density at radius 2 is 1.22 bits per heavy atom. The maximum Gasteiger partial charge on any atom is 0.306 e. The van der Waals surface area contributed by atoms with Gasteiger partial charge < -0.3 is 4.74 Å². The Labute approximate surface area is 160 Å². The first-order valence-corrected chi connectivity index (χ1v) is 11.0. The molecule has 1 unspecified atom stereocenters.